The Morgan fingerprint density at radius 3 is 2.46 bits per heavy atom. The van der Waals surface area contributed by atoms with Crippen LogP contribution >= 0.6 is 11.3 Å². The molecule has 2 heterocycles. The summed E-state index contributed by atoms with van der Waals surface area (Å²) in [6, 6.07) is 11.6. The van der Waals surface area contributed by atoms with Gasteiger partial charge in [0.1, 0.15) is 17.3 Å². The number of carbonyl (C=O) groups is 1. The van der Waals surface area contributed by atoms with Crippen molar-refractivity contribution in [1.29, 1.82) is 0 Å². The first kappa shape index (κ1) is 25.4. The van der Waals surface area contributed by atoms with Crippen LogP contribution in [0.1, 0.15) is 6.42 Å². The van der Waals surface area contributed by atoms with Crippen molar-refractivity contribution in [1.82, 2.24) is 9.88 Å². The summed E-state index contributed by atoms with van der Waals surface area (Å²) in [4.78, 5) is 21.9. The summed E-state index contributed by atoms with van der Waals surface area (Å²) in [5, 5.41) is 0.477. The Balaban J connectivity index is 1.55. The minimum atomic E-state index is -3.84. The Hall–Kier alpha value is -2.73. The number of hydrogen-bond acceptors (Lipinski definition) is 9. The maximum absolute atomic E-state index is 13.4. The van der Waals surface area contributed by atoms with Gasteiger partial charge in [0, 0.05) is 32.2 Å². The van der Waals surface area contributed by atoms with E-state index in [1.165, 1.54) is 35.5 Å². The highest BCUT2D eigenvalue weighted by molar-refractivity contribution is 7.92. The van der Waals surface area contributed by atoms with Crippen molar-refractivity contribution < 1.29 is 27.4 Å². The van der Waals surface area contributed by atoms with Gasteiger partial charge in [0.05, 0.1) is 42.5 Å². The standard InChI is InChI=1S/C24H29N3O6S2/c1-31-18-4-7-20(8-5-18)35(29,30)17-23(28)27(11-3-10-26-12-14-33-15-13-26)24-25-21-16-19(32-2)6-9-22(21)34-24/h4-9,16H,3,10-15,17H2,1-2H3. The Morgan fingerprint density at radius 1 is 1.09 bits per heavy atom. The predicted octanol–water partition coefficient (Wildman–Crippen LogP) is 2.84. The van der Waals surface area contributed by atoms with E-state index in [1.807, 2.05) is 12.1 Å². The molecular weight excluding hydrogens is 490 g/mol. The molecule has 4 rings (SSSR count). The van der Waals surface area contributed by atoms with Crippen LogP contribution in [0, 0.1) is 0 Å². The molecule has 0 saturated carbocycles. The fraction of sp³-hybridized carbons (Fsp3) is 0.417. The van der Waals surface area contributed by atoms with Gasteiger partial charge in [-0.05, 0) is 42.8 Å². The molecule has 0 spiro atoms. The topological polar surface area (TPSA) is 98.3 Å². The third-order valence-electron chi connectivity index (χ3n) is 5.81. The van der Waals surface area contributed by atoms with Crippen LogP contribution in [0.25, 0.3) is 10.2 Å². The fourth-order valence-corrected chi connectivity index (χ4v) is 6.04. The van der Waals surface area contributed by atoms with Crippen molar-refractivity contribution in [2.24, 2.45) is 0 Å². The molecule has 188 valence electrons. The first-order valence-corrected chi connectivity index (χ1v) is 13.8. The number of methoxy groups -OCH3 is 2. The second-order valence-electron chi connectivity index (χ2n) is 8.12. The van der Waals surface area contributed by atoms with Crippen molar-refractivity contribution in [2.75, 3.05) is 64.3 Å². The van der Waals surface area contributed by atoms with E-state index in [-0.39, 0.29) is 4.90 Å². The maximum Gasteiger partial charge on any atom is 0.244 e. The van der Waals surface area contributed by atoms with Crippen LogP contribution in [0.4, 0.5) is 5.13 Å². The largest absolute Gasteiger partial charge is 0.497 e. The van der Waals surface area contributed by atoms with Crippen LogP contribution in [0.2, 0.25) is 0 Å². The minimum Gasteiger partial charge on any atom is -0.497 e. The van der Waals surface area contributed by atoms with Gasteiger partial charge in [-0.1, -0.05) is 11.3 Å². The highest BCUT2D eigenvalue weighted by Gasteiger charge is 2.27. The van der Waals surface area contributed by atoms with Crippen molar-refractivity contribution in [3.8, 4) is 11.5 Å². The number of thiazole rings is 1. The molecule has 11 heteroatoms. The summed E-state index contributed by atoms with van der Waals surface area (Å²) in [5.74, 6) is 0.0659. The zero-order valence-corrected chi connectivity index (χ0v) is 21.4. The van der Waals surface area contributed by atoms with Gasteiger partial charge in [0.25, 0.3) is 0 Å². The second-order valence-corrected chi connectivity index (χ2v) is 11.1. The predicted molar refractivity (Wildman–Crippen MR) is 135 cm³/mol. The Bertz CT molecular complexity index is 1250. The number of morpholine rings is 1. The normalized spacial score (nSPS) is 14.7. The number of carbonyl (C=O) groups excluding carboxylic acids is 1. The third-order valence-corrected chi connectivity index (χ3v) is 8.48. The van der Waals surface area contributed by atoms with Gasteiger partial charge >= 0.3 is 0 Å². The lowest BCUT2D eigenvalue weighted by molar-refractivity contribution is -0.116. The molecule has 0 bridgehead atoms. The first-order chi connectivity index (χ1) is 16.9. The molecule has 0 atom stereocenters. The molecule has 1 amide bonds. The zero-order chi connectivity index (χ0) is 24.8. The van der Waals surface area contributed by atoms with Crippen molar-refractivity contribution in [3.05, 3.63) is 42.5 Å². The van der Waals surface area contributed by atoms with Crippen molar-refractivity contribution >= 4 is 42.4 Å². The molecule has 9 nitrogen and oxygen atoms in total. The maximum atomic E-state index is 13.4. The highest BCUT2D eigenvalue weighted by Crippen LogP contribution is 2.32. The van der Waals surface area contributed by atoms with Crippen LogP contribution in [0.5, 0.6) is 11.5 Å². The number of nitrogens with zero attached hydrogens (tertiary/aromatic N) is 3. The fourth-order valence-electron chi connectivity index (χ4n) is 3.85. The molecule has 0 aliphatic carbocycles. The zero-order valence-electron chi connectivity index (χ0n) is 19.8. The summed E-state index contributed by atoms with van der Waals surface area (Å²) >= 11 is 1.36. The number of amides is 1. The molecule has 2 aromatic carbocycles. The number of ether oxygens (including phenoxy) is 3. The minimum absolute atomic E-state index is 0.0777. The van der Waals surface area contributed by atoms with Crippen molar-refractivity contribution in [2.45, 2.75) is 11.3 Å². The summed E-state index contributed by atoms with van der Waals surface area (Å²) in [7, 11) is -0.748. The molecule has 1 fully saturated rings. The molecule has 35 heavy (non-hydrogen) atoms. The Kier molecular flexibility index (Phi) is 8.22. The van der Waals surface area contributed by atoms with E-state index < -0.39 is 21.5 Å². The Labute approximate surface area is 209 Å². The van der Waals surface area contributed by atoms with Crippen LogP contribution in [-0.4, -0.2) is 83.6 Å². The number of sulfone groups is 1. The molecule has 1 aliphatic rings. The quantitative estimate of drug-likeness (QED) is 0.403. The first-order valence-electron chi connectivity index (χ1n) is 11.3. The van der Waals surface area contributed by atoms with Crippen LogP contribution in [0.15, 0.2) is 47.4 Å². The van der Waals surface area contributed by atoms with E-state index in [4.69, 9.17) is 14.2 Å². The molecule has 0 radical (unpaired) electrons. The lowest BCUT2D eigenvalue weighted by Gasteiger charge is -2.27. The van der Waals surface area contributed by atoms with E-state index in [1.54, 1.807) is 25.3 Å². The van der Waals surface area contributed by atoms with Crippen LogP contribution in [-0.2, 0) is 19.4 Å². The monoisotopic (exact) mass is 519 g/mol. The van der Waals surface area contributed by atoms with Gasteiger partial charge in [-0.3, -0.25) is 14.6 Å². The average molecular weight is 520 g/mol. The number of benzene rings is 2. The molecule has 3 aromatic rings. The summed E-state index contributed by atoms with van der Waals surface area (Å²) in [6.45, 7) is 4.24. The lowest BCUT2D eigenvalue weighted by atomic mass is 10.3. The van der Waals surface area contributed by atoms with E-state index in [9.17, 15) is 13.2 Å². The van der Waals surface area contributed by atoms with Gasteiger partial charge < -0.3 is 14.2 Å². The van der Waals surface area contributed by atoms with Gasteiger partial charge in [-0.15, -0.1) is 0 Å². The molecule has 1 aliphatic heterocycles. The molecule has 1 saturated heterocycles. The Morgan fingerprint density at radius 2 is 1.77 bits per heavy atom. The highest BCUT2D eigenvalue weighted by atomic mass is 32.2. The van der Waals surface area contributed by atoms with Crippen molar-refractivity contribution in [3.63, 3.8) is 0 Å². The van der Waals surface area contributed by atoms with E-state index in [0.717, 1.165) is 24.3 Å². The number of fused-ring (bicyclic) bond motifs is 1. The summed E-state index contributed by atoms with van der Waals surface area (Å²) in [5.41, 5.74) is 0.702. The van der Waals surface area contributed by atoms with Gasteiger partial charge in [-0.25, -0.2) is 13.4 Å². The van der Waals surface area contributed by atoms with E-state index in [0.29, 0.717) is 48.3 Å². The van der Waals surface area contributed by atoms with E-state index >= 15 is 0 Å². The number of aromatic nitrogens is 1. The smallest absolute Gasteiger partial charge is 0.244 e. The molecular formula is C24H29N3O6S2. The average Bonchev–Trinajstić information content (AvgIpc) is 3.29. The third kappa shape index (κ3) is 6.29. The van der Waals surface area contributed by atoms with Crippen LogP contribution in [0.3, 0.4) is 0 Å². The summed E-state index contributed by atoms with van der Waals surface area (Å²) < 4.78 is 42.7. The number of rotatable bonds is 10. The molecule has 1 aromatic heterocycles. The van der Waals surface area contributed by atoms with Gasteiger partial charge in [-0.2, -0.15) is 0 Å². The lowest BCUT2D eigenvalue weighted by Crippen LogP contribution is -2.40. The van der Waals surface area contributed by atoms with E-state index in [2.05, 4.69) is 9.88 Å². The number of anilines is 1. The van der Waals surface area contributed by atoms with Crippen LogP contribution < -0.4 is 14.4 Å². The van der Waals surface area contributed by atoms with Gasteiger partial charge in [0.15, 0.2) is 15.0 Å². The molecule has 0 unspecified atom stereocenters. The van der Waals surface area contributed by atoms with Gasteiger partial charge in [0.2, 0.25) is 5.91 Å². The second kappa shape index (κ2) is 11.3. The summed E-state index contributed by atoms with van der Waals surface area (Å²) in [6.07, 6.45) is 0.688. The molecule has 0 N–H and O–H groups in total. The number of hydrogen-bond donors (Lipinski definition) is 0. The SMILES string of the molecule is COc1ccc(S(=O)(=O)CC(=O)N(CCCN2CCOCC2)c2nc3cc(OC)ccc3s2)cc1.